The monoisotopic (exact) mass is 459 g/mol. The molecular formula is C26H25N3O3S. The summed E-state index contributed by atoms with van der Waals surface area (Å²) < 4.78 is 7.05. The maximum Gasteiger partial charge on any atom is 0.267 e. The minimum atomic E-state index is -1.15. The topological polar surface area (TPSA) is 73.2 Å². The van der Waals surface area contributed by atoms with E-state index in [1.807, 2.05) is 72.1 Å². The number of carbonyl (C=O) groups excluding carboxylic acids is 1. The fourth-order valence-electron chi connectivity index (χ4n) is 3.31. The number of ether oxygens (including phenoxy) is 1. The summed E-state index contributed by atoms with van der Waals surface area (Å²) >= 11 is 1.53. The molecule has 168 valence electrons. The van der Waals surface area contributed by atoms with Crippen molar-refractivity contribution in [3.05, 3.63) is 106 Å². The highest BCUT2D eigenvalue weighted by molar-refractivity contribution is 7.13. The summed E-state index contributed by atoms with van der Waals surface area (Å²) in [6, 6.07) is 24.5. The number of thiophene rings is 1. The van der Waals surface area contributed by atoms with Crippen LogP contribution in [0, 0.1) is 0 Å². The van der Waals surface area contributed by atoms with Crippen LogP contribution in [0.15, 0.2) is 89.0 Å². The Morgan fingerprint density at radius 1 is 0.970 bits per heavy atom. The van der Waals surface area contributed by atoms with Crippen LogP contribution in [0.1, 0.15) is 25.0 Å². The molecule has 2 aromatic carbocycles. The standard InChI is InChI=1S/C26H25N3O3S/c1-26(2,29-24(30)15-14-22(28-29)23-9-6-16-33-23)25(31)27-17-19-10-12-21(13-11-19)32-18-20-7-4-3-5-8-20/h3-16H,17-18H2,1-2H3,(H,27,31). The molecule has 0 saturated heterocycles. The number of amides is 1. The molecule has 6 nitrogen and oxygen atoms in total. The highest BCUT2D eigenvalue weighted by Crippen LogP contribution is 2.23. The normalized spacial score (nSPS) is 11.2. The Bertz CT molecular complexity index is 1260. The molecule has 0 fully saturated rings. The van der Waals surface area contributed by atoms with Crippen molar-refractivity contribution in [2.45, 2.75) is 32.5 Å². The van der Waals surface area contributed by atoms with Gasteiger partial charge in [0.25, 0.3) is 5.56 Å². The molecule has 0 bridgehead atoms. The lowest BCUT2D eigenvalue weighted by Gasteiger charge is -2.25. The summed E-state index contributed by atoms with van der Waals surface area (Å²) in [7, 11) is 0. The first-order valence-electron chi connectivity index (χ1n) is 10.6. The van der Waals surface area contributed by atoms with Crippen LogP contribution in [0.25, 0.3) is 10.6 Å². The molecule has 0 atom stereocenters. The average Bonchev–Trinajstić information content (AvgIpc) is 3.38. The molecule has 0 unspecified atom stereocenters. The molecule has 2 aromatic heterocycles. The van der Waals surface area contributed by atoms with E-state index < -0.39 is 5.54 Å². The molecule has 33 heavy (non-hydrogen) atoms. The third-order valence-corrected chi connectivity index (χ3v) is 6.18. The minimum absolute atomic E-state index is 0.287. The largest absolute Gasteiger partial charge is 0.489 e. The maximum absolute atomic E-state index is 13.0. The van der Waals surface area contributed by atoms with Gasteiger partial charge in [0.2, 0.25) is 5.91 Å². The van der Waals surface area contributed by atoms with Crippen LogP contribution in [0.5, 0.6) is 5.75 Å². The second-order valence-corrected chi connectivity index (χ2v) is 9.05. The molecule has 0 radical (unpaired) electrons. The Morgan fingerprint density at radius 2 is 1.73 bits per heavy atom. The molecule has 0 aliphatic heterocycles. The molecule has 7 heteroatoms. The average molecular weight is 460 g/mol. The number of carbonyl (C=O) groups is 1. The van der Waals surface area contributed by atoms with Gasteiger partial charge in [-0.15, -0.1) is 11.3 Å². The van der Waals surface area contributed by atoms with Crippen LogP contribution in [-0.2, 0) is 23.5 Å². The Hall–Kier alpha value is -3.71. The molecule has 0 aliphatic rings. The molecule has 0 saturated carbocycles. The van der Waals surface area contributed by atoms with Crippen LogP contribution in [-0.4, -0.2) is 15.7 Å². The van der Waals surface area contributed by atoms with Gasteiger partial charge in [-0.3, -0.25) is 9.59 Å². The summed E-state index contributed by atoms with van der Waals surface area (Å²) in [5, 5.41) is 9.32. The lowest BCUT2D eigenvalue weighted by Crippen LogP contribution is -2.49. The van der Waals surface area contributed by atoms with Gasteiger partial charge in [0.05, 0.1) is 4.88 Å². The van der Waals surface area contributed by atoms with E-state index in [1.165, 1.54) is 22.1 Å². The van der Waals surface area contributed by atoms with Crippen LogP contribution in [0.2, 0.25) is 0 Å². The van der Waals surface area contributed by atoms with E-state index in [4.69, 9.17) is 4.74 Å². The van der Waals surface area contributed by atoms with Gasteiger partial charge in [0.1, 0.15) is 23.6 Å². The molecule has 0 aliphatic carbocycles. The van der Waals surface area contributed by atoms with E-state index in [1.54, 1.807) is 19.9 Å². The molecule has 4 aromatic rings. The lowest BCUT2D eigenvalue weighted by molar-refractivity contribution is -0.129. The zero-order chi connectivity index (χ0) is 23.3. The molecular weight excluding hydrogens is 434 g/mol. The third-order valence-electron chi connectivity index (χ3n) is 5.28. The van der Waals surface area contributed by atoms with Crippen molar-refractivity contribution in [1.29, 1.82) is 0 Å². The van der Waals surface area contributed by atoms with E-state index in [2.05, 4.69) is 10.4 Å². The van der Waals surface area contributed by atoms with Gasteiger partial charge < -0.3 is 10.1 Å². The first-order chi connectivity index (χ1) is 15.9. The van der Waals surface area contributed by atoms with Crippen molar-refractivity contribution in [2.24, 2.45) is 0 Å². The number of benzene rings is 2. The first kappa shape index (κ1) is 22.5. The third kappa shape index (κ3) is 5.38. The molecule has 1 N–H and O–H groups in total. The van der Waals surface area contributed by atoms with Gasteiger partial charge >= 0.3 is 0 Å². The van der Waals surface area contributed by atoms with E-state index in [0.29, 0.717) is 18.8 Å². The van der Waals surface area contributed by atoms with Crippen molar-refractivity contribution in [1.82, 2.24) is 15.1 Å². The summed E-state index contributed by atoms with van der Waals surface area (Å²) in [6.45, 7) is 4.21. The maximum atomic E-state index is 13.0. The summed E-state index contributed by atoms with van der Waals surface area (Å²) in [5.41, 5.74) is 1.22. The smallest absolute Gasteiger partial charge is 0.267 e. The fourth-order valence-corrected chi connectivity index (χ4v) is 4.00. The van der Waals surface area contributed by atoms with Crippen LogP contribution < -0.4 is 15.6 Å². The van der Waals surface area contributed by atoms with E-state index >= 15 is 0 Å². The highest BCUT2D eigenvalue weighted by Gasteiger charge is 2.32. The van der Waals surface area contributed by atoms with Crippen molar-refractivity contribution in [2.75, 3.05) is 0 Å². The van der Waals surface area contributed by atoms with Gasteiger partial charge in [-0.2, -0.15) is 5.10 Å². The zero-order valence-electron chi connectivity index (χ0n) is 18.5. The molecule has 0 spiro atoms. The number of aromatic nitrogens is 2. The van der Waals surface area contributed by atoms with Crippen molar-refractivity contribution in [3.8, 4) is 16.3 Å². The molecule has 2 heterocycles. The number of nitrogens with zero attached hydrogens (tertiary/aromatic N) is 2. The Kier molecular flexibility index (Phi) is 6.70. The number of nitrogens with one attached hydrogen (secondary N) is 1. The van der Waals surface area contributed by atoms with Gasteiger partial charge in [0, 0.05) is 12.6 Å². The zero-order valence-corrected chi connectivity index (χ0v) is 19.3. The molecule has 1 amide bonds. The first-order valence-corrected chi connectivity index (χ1v) is 11.5. The Balaban J connectivity index is 1.39. The van der Waals surface area contributed by atoms with Gasteiger partial charge in [-0.25, -0.2) is 4.68 Å². The Labute approximate surface area is 196 Å². The summed E-state index contributed by atoms with van der Waals surface area (Å²) in [5.74, 6) is 0.472. The Morgan fingerprint density at radius 3 is 2.42 bits per heavy atom. The van der Waals surface area contributed by atoms with Gasteiger partial charge in [-0.1, -0.05) is 48.5 Å². The van der Waals surface area contributed by atoms with Crippen LogP contribution in [0.4, 0.5) is 0 Å². The van der Waals surface area contributed by atoms with Gasteiger partial charge in [-0.05, 0) is 54.6 Å². The summed E-state index contributed by atoms with van der Waals surface area (Å²) in [6.07, 6.45) is 0. The second kappa shape index (κ2) is 9.83. The van der Waals surface area contributed by atoms with E-state index in [9.17, 15) is 9.59 Å². The van der Waals surface area contributed by atoms with E-state index in [-0.39, 0.29) is 11.5 Å². The predicted molar refractivity (Wildman–Crippen MR) is 130 cm³/mol. The minimum Gasteiger partial charge on any atom is -0.489 e. The van der Waals surface area contributed by atoms with Crippen molar-refractivity contribution in [3.63, 3.8) is 0 Å². The quantitative estimate of drug-likeness (QED) is 0.418. The van der Waals surface area contributed by atoms with Crippen molar-refractivity contribution < 1.29 is 9.53 Å². The number of hydrogen-bond donors (Lipinski definition) is 1. The SMILES string of the molecule is CC(C)(C(=O)NCc1ccc(OCc2ccccc2)cc1)n1nc(-c2cccs2)ccc1=O. The van der Waals surface area contributed by atoms with Crippen LogP contribution >= 0.6 is 11.3 Å². The highest BCUT2D eigenvalue weighted by atomic mass is 32.1. The lowest BCUT2D eigenvalue weighted by atomic mass is 10.0. The predicted octanol–water partition coefficient (Wildman–Crippen LogP) is 4.60. The van der Waals surface area contributed by atoms with Gasteiger partial charge in [0.15, 0.2) is 0 Å². The van der Waals surface area contributed by atoms with Crippen LogP contribution in [0.3, 0.4) is 0 Å². The van der Waals surface area contributed by atoms with E-state index in [0.717, 1.165) is 21.8 Å². The number of rotatable bonds is 8. The van der Waals surface area contributed by atoms with Crippen molar-refractivity contribution >= 4 is 17.2 Å². The summed E-state index contributed by atoms with van der Waals surface area (Å²) in [4.78, 5) is 26.4. The second-order valence-electron chi connectivity index (χ2n) is 8.11. The molecule has 4 rings (SSSR count). The fraction of sp³-hybridized carbons (Fsp3) is 0.192. The number of hydrogen-bond acceptors (Lipinski definition) is 5.